The number of halogens is 1. The molecular formula is C24H21BrN2O5. The number of carbonyl (C=O) groups is 2. The molecular weight excluding hydrogens is 476 g/mol. The maximum Gasteiger partial charge on any atom is 0.343 e. The Labute approximate surface area is 194 Å². The molecule has 0 aromatic heterocycles. The highest BCUT2D eigenvalue weighted by Gasteiger charge is 2.12. The van der Waals surface area contributed by atoms with E-state index in [9.17, 15) is 9.59 Å². The fourth-order valence-corrected chi connectivity index (χ4v) is 2.98. The van der Waals surface area contributed by atoms with E-state index in [4.69, 9.17) is 14.2 Å². The van der Waals surface area contributed by atoms with E-state index in [-0.39, 0.29) is 6.61 Å². The van der Waals surface area contributed by atoms with Gasteiger partial charge in [-0.15, -0.1) is 0 Å². The third kappa shape index (κ3) is 6.95. The smallest absolute Gasteiger partial charge is 0.343 e. The second-order valence-electron chi connectivity index (χ2n) is 6.42. The third-order valence-corrected chi connectivity index (χ3v) is 4.57. The number of ether oxygens (including phenoxy) is 3. The highest BCUT2D eigenvalue weighted by molar-refractivity contribution is 9.10. The first-order valence-corrected chi connectivity index (χ1v) is 10.6. The number of rotatable bonds is 9. The lowest BCUT2D eigenvalue weighted by Crippen LogP contribution is -2.24. The molecule has 0 saturated heterocycles. The Balaban J connectivity index is 1.61. The van der Waals surface area contributed by atoms with E-state index in [0.717, 1.165) is 4.47 Å². The number of benzene rings is 3. The zero-order valence-electron chi connectivity index (χ0n) is 17.3. The van der Waals surface area contributed by atoms with Crippen LogP contribution in [0, 0.1) is 0 Å². The lowest BCUT2D eigenvalue weighted by Gasteiger charge is -2.09. The number of nitrogens with one attached hydrogen (secondary N) is 1. The van der Waals surface area contributed by atoms with Crippen LogP contribution in [0.4, 0.5) is 0 Å². The third-order valence-electron chi connectivity index (χ3n) is 4.08. The molecule has 0 heterocycles. The standard InChI is InChI=1S/C24H21BrN2O5/c1-2-30-21-11-8-17(9-12-21)24(29)32-22-13-10-19(25)14-18(22)15-26-27-23(28)16-31-20-6-4-3-5-7-20/h3-15H,2,16H2,1H3,(H,27,28)/b26-15+. The molecule has 3 aromatic rings. The molecule has 1 amide bonds. The van der Waals surface area contributed by atoms with Crippen molar-refractivity contribution in [1.29, 1.82) is 0 Å². The molecule has 0 fully saturated rings. The van der Waals surface area contributed by atoms with E-state index >= 15 is 0 Å². The topological polar surface area (TPSA) is 86.2 Å². The fraction of sp³-hybridized carbons (Fsp3) is 0.125. The van der Waals surface area contributed by atoms with Crippen LogP contribution in [0.5, 0.6) is 17.2 Å². The predicted molar refractivity (Wildman–Crippen MR) is 124 cm³/mol. The van der Waals surface area contributed by atoms with Gasteiger partial charge in [0.05, 0.1) is 18.4 Å². The Morgan fingerprint density at radius 3 is 2.41 bits per heavy atom. The maximum atomic E-state index is 12.5. The Morgan fingerprint density at radius 2 is 1.69 bits per heavy atom. The molecule has 8 heteroatoms. The van der Waals surface area contributed by atoms with Gasteiger partial charge < -0.3 is 14.2 Å². The average molecular weight is 497 g/mol. The largest absolute Gasteiger partial charge is 0.494 e. The molecule has 0 unspecified atom stereocenters. The van der Waals surface area contributed by atoms with Gasteiger partial charge in [0.25, 0.3) is 5.91 Å². The zero-order chi connectivity index (χ0) is 22.8. The Morgan fingerprint density at radius 1 is 0.969 bits per heavy atom. The molecule has 3 aromatic carbocycles. The molecule has 0 saturated carbocycles. The number of hydrazone groups is 1. The second kappa shape index (κ2) is 11.7. The van der Waals surface area contributed by atoms with E-state index in [0.29, 0.717) is 35.0 Å². The van der Waals surface area contributed by atoms with Crippen molar-refractivity contribution < 1.29 is 23.8 Å². The summed E-state index contributed by atoms with van der Waals surface area (Å²) in [6, 6.07) is 20.8. The number of hydrogen-bond donors (Lipinski definition) is 1. The minimum absolute atomic E-state index is 0.181. The van der Waals surface area contributed by atoms with Gasteiger partial charge in [0.15, 0.2) is 6.61 Å². The highest BCUT2D eigenvalue weighted by Crippen LogP contribution is 2.23. The average Bonchev–Trinajstić information content (AvgIpc) is 2.81. The van der Waals surface area contributed by atoms with Crippen LogP contribution >= 0.6 is 15.9 Å². The quantitative estimate of drug-likeness (QED) is 0.202. The molecule has 7 nitrogen and oxygen atoms in total. The highest BCUT2D eigenvalue weighted by atomic mass is 79.9. The van der Waals surface area contributed by atoms with Crippen LogP contribution < -0.4 is 19.6 Å². The van der Waals surface area contributed by atoms with Gasteiger partial charge in [-0.25, -0.2) is 10.2 Å². The van der Waals surface area contributed by atoms with Gasteiger partial charge in [-0.2, -0.15) is 5.10 Å². The van der Waals surface area contributed by atoms with Crippen molar-refractivity contribution >= 4 is 34.0 Å². The molecule has 0 aliphatic carbocycles. The van der Waals surface area contributed by atoms with E-state index in [1.165, 1.54) is 6.21 Å². The van der Waals surface area contributed by atoms with Crippen LogP contribution in [-0.2, 0) is 4.79 Å². The molecule has 0 radical (unpaired) electrons. The summed E-state index contributed by atoms with van der Waals surface area (Å²) in [5.41, 5.74) is 3.27. The van der Waals surface area contributed by atoms with Gasteiger partial charge in [0.2, 0.25) is 0 Å². The van der Waals surface area contributed by atoms with Gasteiger partial charge in [0.1, 0.15) is 17.2 Å². The van der Waals surface area contributed by atoms with Crippen LogP contribution in [0.15, 0.2) is 82.4 Å². The number of para-hydroxylation sites is 1. The van der Waals surface area contributed by atoms with Crippen molar-refractivity contribution in [2.75, 3.05) is 13.2 Å². The summed E-state index contributed by atoms with van der Waals surface area (Å²) >= 11 is 3.38. The Bertz CT molecular complexity index is 1090. The summed E-state index contributed by atoms with van der Waals surface area (Å²) < 4.78 is 17.0. The monoisotopic (exact) mass is 496 g/mol. The summed E-state index contributed by atoms with van der Waals surface area (Å²) in [6.45, 7) is 2.25. The number of hydrogen-bond acceptors (Lipinski definition) is 6. The molecule has 164 valence electrons. The van der Waals surface area contributed by atoms with E-state index in [2.05, 4.69) is 26.5 Å². The summed E-state index contributed by atoms with van der Waals surface area (Å²) in [5, 5.41) is 3.93. The van der Waals surface area contributed by atoms with E-state index < -0.39 is 11.9 Å². The molecule has 1 N–H and O–H groups in total. The summed E-state index contributed by atoms with van der Waals surface area (Å²) in [6.07, 6.45) is 1.39. The van der Waals surface area contributed by atoms with Crippen molar-refractivity contribution in [2.45, 2.75) is 6.92 Å². The van der Waals surface area contributed by atoms with Crippen molar-refractivity contribution in [3.05, 3.63) is 88.4 Å². The molecule has 0 aliphatic heterocycles. The van der Waals surface area contributed by atoms with Crippen LogP contribution in [0.25, 0.3) is 0 Å². The SMILES string of the molecule is CCOc1ccc(C(=O)Oc2ccc(Br)cc2/C=N/NC(=O)COc2ccccc2)cc1. The molecule has 0 aliphatic rings. The lowest BCUT2D eigenvalue weighted by atomic mass is 10.2. The molecule has 0 atom stereocenters. The van der Waals surface area contributed by atoms with Crippen LogP contribution in [0.1, 0.15) is 22.8 Å². The zero-order valence-corrected chi connectivity index (χ0v) is 18.9. The van der Waals surface area contributed by atoms with Crippen molar-refractivity contribution in [3.8, 4) is 17.2 Å². The van der Waals surface area contributed by atoms with E-state index in [1.54, 1.807) is 54.6 Å². The number of amides is 1. The van der Waals surface area contributed by atoms with Gasteiger partial charge >= 0.3 is 5.97 Å². The predicted octanol–water partition coefficient (Wildman–Crippen LogP) is 4.60. The first-order chi connectivity index (χ1) is 15.5. The first kappa shape index (κ1) is 23.0. The second-order valence-corrected chi connectivity index (χ2v) is 7.34. The Kier molecular flexibility index (Phi) is 8.39. The summed E-state index contributed by atoms with van der Waals surface area (Å²) in [5.74, 6) is 0.610. The lowest BCUT2D eigenvalue weighted by molar-refractivity contribution is -0.123. The van der Waals surface area contributed by atoms with Crippen LogP contribution in [-0.4, -0.2) is 31.3 Å². The number of esters is 1. The molecule has 0 spiro atoms. The van der Waals surface area contributed by atoms with Crippen molar-refractivity contribution in [3.63, 3.8) is 0 Å². The fourth-order valence-electron chi connectivity index (χ4n) is 2.60. The molecule has 32 heavy (non-hydrogen) atoms. The van der Waals surface area contributed by atoms with Gasteiger partial charge in [0, 0.05) is 10.0 Å². The minimum atomic E-state index is -0.523. The first-order valence-electron chi connectivity index (χ1n) is 9.79. The maximum absolute atomic E-state index is 12.5. The molecule has 0 bridgehead atoms. The van der Waals surface area contributed by atoms with Gasteiger partial charge in [-0.1, -0.05) is 34.1 Å². The van der Waals surface area contributed by atoms with Gasteiger partial charge in [-0.3, -0.25) is 4.79 Å². The van der Waals surface area contributed by atoms with Crippen molar-refractivity contribution in [1.82, 2.24) is 5.43 Å². The normalized spacial score (nSPS) is 10.6. The molecule has 3 rings (SSSR count). The Hall–Kier alpha value is -3.65. The van der Waals surface area contributed by atoms with Gasteiger partial charge in [-0.05, 0) is 61.5 Å². The van der Waals surface area contributed by atoms with Crippen LogP contribution in [0.2, 0.25) is 0 Å². The summed E-state index contributed by atoms with van der Waals surface area (Å²) in [4.78, 5) is 24.5. The van der Waals surface area contributed by atoms with E-state index in [1.807, 2.05) is 25.1 Å². The minimum Gasteiger partial charge on any atom is -0.494 e. The summed E-state index contributed by atoms with van der Waals surface area (Å²) in [7, 11) is 0. The number of nitrogens with zero attached hydrogens (tertiary/aromatic N) is 1. The van der Waals surface area contributed by atoms with Crippen molar-refractivity contribution in [2.24, 2.45) is 5.10 Å². The number of carbonyl (C=O) groups excluding carboxylic acids is 2. The van der Waals surface area contributed by atoms with Crippen LogP contribution in [0.3, 0.4) is 0 Å².